The molecule has 1 spiro atoms. The predicted molar refractivity (Wildman–Crippen MR) is 127 cm³/mol. The van der Waals surface area contributed by atoms with Gasteiger partial charge in [0.2, 0.25) is 0 Å². The quantitative estimate of drug-likeness (QED) is 0.443. The van der Waals surface area contributed by atoms with Gasteiger partial charge in [0.25, 0.3) is 5.91 Å². The Balaban J connectivity index is 1.23. The van der Waals surface area contributed by atoms with Crippen molar-refractivity contribution in [2.24, 2.45) is 0 Å². The van der Waals surface area contributed by atoms with Crippen LogP contribution in [0.1, 0.15) is 30.1 Å². The van der Waals surface area contributed by atoms with E-state index in [0.29, 0.717) is 38.5 Å². The lowest BCUT2D eigenvalue weighted by molar-refractivity contribution is -0.181. The van der Waals surface area contributed by atoms with Crippen LogP contribution >= 0.6 is 11.3 Å². The van der Waals surface area contributed by atoms with Crippen LogP contribution in [0, 0.1) is 0 Å². The van der Waals surface area contributed by atoms with Crippen LogP contribution in [0.5, 0.6) is 5.75 Å². The summed E-state index contributed by atoms with van der Waals surface area (Å²) in [5.74, 6) is 0.448. The molecule has 170 valence electrons. The second kappa shape index (κ2) is 8.13. The van der Waals surface area contributed by atoms with Gasteiger partial charge in [0.1, 0.15) is 5.75 Å². The second-order valence-electron chi connectivity index (χ2n) is 8.42. The van der Waals surface area contributed by atoms with Gasteiger partial charge in [-0.2, -0.15) is 0 Å². The average Bonchev–Trinajstić information content (AvgIpc) is 3.55. The molecule has 2 aliphatic rings. The summed E-state index contributed by atoms with van der Waals surface area (Å²) in [5, 5.41) is 0. The molecule has 0 bridgehead atoms. The molecule has 4 aromatic rings. The molecule has 0 saturated carbocycles. The number of nitrogens with zero attached hydrogens (tertiary/aromatic N) is 3. The number of aromatic nitrogens is 2. The van der Waals surface area contributed by atoms with Crippen molar-refractivity contribution in [1.82, 2.24) is 14.3 Å². The number of ether oxygens (including phenoxy) is 3. The Morgan fingerprint density at radius 2 is 1.88 bits per heavy atom. The van der Waals surface area contributed by atoms with E-state index in [4.69, 9.17) is 19.2 Å². The van der Waals surface area contributed by atoms with E-state index >= 15 is 0 Å². The first-order valence-corrected chi connectivity index (χ1v) is 12.2. The summed E-state index contributed by atoms with van der Waals surface area (Å²) in [6.07, 6.45) is 3.50. The molecule has 0 N–H and O–H groups in total. The van der Waals surface area contributed by atoms with Crippen molar-refractivity contribution in [2.75, 3.05) is 32.9 Å². The number of fused-ring (bicyclic) bond motifs is 3. The molecule has 0 radical (unpaired) electrons. The van der Waals surface area contributed by atoms with Crippen molar-refractivity contribution in [2.45, 2.75) is 25.6 Å². The van der Waals surface area contributed by atoms with Gasteiger partial charge in [-0.25, -0.2) is 4.98 Å². The van der Waals surface area contributed by atoms with E-state index < -0.39 is 5.79 Å². The van der Waals surface area contributed by atoms with E-state index in [1.807, 2.05) is 54.3 Å². The smallest absolute Gasteiger partial charge is 0.253 e. The highest BCUT2D eigenvalue weighted by atomic mass is 32.1. The molecule has 0 unspecified atom stereocenters. The highest BCUT2D eigenvalue weighted by Crippen LogP contribution is 2.33. The summed E-state index contributed by atoms with van der Waals surface area (Å²) in [7, 11) is 0. The van der Waals surface area contributed by atoms with Crippen LogP contribution in [0.25, 0.3) is 26.4 Å². The number of thiazole rings is 1. The maximum absolute atomic E-state index is 13.1. The summed E-state index contributed by atoms with van der Waals surface area (Å²) in [6, 6.07) is 13.9. The average molecular weight is 464 g/mol. The maximum Gasteiger partial charge on any atom is 0.253 e. The first-order valence-electron chi connectivity index (χ1n) is 11.4. The number of rotatable bonds is 4. The Morgan fingerprint density at radius 1 is 1.12 bits per heavy atom. The van der Waals surface area contributed by atoms with Crippen LogP contribution in [-0.2, 0) is 9.47 Å². The van der Waals surface area contributed by atoms with Gasteiger partial charge in [-0.05, 0) is 49.4 Å². The lowest BCUT2D eigenvalue weighted by Crippen LogP contribution is -2.47. The third-order valence-electron chi connectivity index (χ3n) is 6.43. The topological polar surface area (TPSA) is 65.3 Å². The molecule has 2 aliphatic heterocycles. The number of piperidine rings is 1. The fraction of sp³-hybridized carbons (Fsp3) is 0.360. The van der Waals surface area contributed by atoms with E-state index in [1.165, 1.54) is 0 Å². The third kappa shape index (κ3) is 3.68. The zero-order valence-corrected chi connectivity index (χ0v) is 19.3. The molecule has 2 saturated heterocycles. The van der Waals surface area contributed by atoms with E-state index in [1.54, 1.807) is 11.3 Å². The van der Waals surface area contributed by atoms with E-state index in [0.717, 1.165) is 45.0 Å². The second-order valence-corrected chi connectivity index (χ2v) is 9.43. The Morgan fingerprint density at radius 3 is 2.61 bits per heavy atom. The molecular weight excluding hydrogens is 438 g/mol. The number of likely N-dealkylation sites (tertiary alicyclic amines) is 1. The molecule has 0 aliphatic carbocycles. The minimum Gasteiger partial charge on any atom is -0.494 e. The number of amides is 1. The van der Waals surface area contributed by atoms with Crippen LogP contribution in [0.15, 0.2) is 48.7 Å². The van der Waals surface area contributed by atoms with Gasteiger partial charge >= 0.3 is 0 Å². The first kappa shape index (κ1) is 20.7. The Kier molecular flexibility index (Phi) is 5.09. The van der Waals surface area contributed by atoms with Gasteiger partial charge in [0, 0.05) is 43.3 Å². The number of hydrogen-bond acceptors (Lipinski definition) is 6. The van der Waals surface area contributed by atoms with Crippen molar-refractivity contribution < 1.29 is 19.0 Å². The molecule has 1 amide bonds. The van der Waals surface area contributed by atoms with Gasteiger partial charge in [0.15, 0.2) is 10.7 Å². The predicted octanol–water partition coefficient (Wildman–Crippen LogP) is 4.59. The van der Waals surface area contributed by atoms with Crippen LogP contribution in [0.2, 0.25) is 0 Å². The standard InChI is InChI=1S/C25H25N3O4S/c1-2-30-19-6-3-17(4-7-19)20-16-28-21-8-5-18(15-22(21)33-24(28)26-20)23(29)27-11-9-25(10-12-27)31-13-14-32-25/h3-8,15-16H,2,9-14H2,1H3. The first-order chi connectivity index (χ1) is 16.1. The lowest BCUT2D eigenvalue weighted by Gasteiger charge is -2.37. The van der Waals surface area contributed by atoms with Crippen molar-refractivity contribution in [1.29, 1.82) is 0 Å². The summed E-state index contributed by atoms with van der Waals surface area (Å²) in [5.41, 5.74) is 3.74. The van der Waals surface area contributed by atoms with Gasteiger partial charge in [0.05, 0.1) is 35.7 Å². The Bertz CT molecular complexity index is 1310. The number of carbonyl (C=O) groups is 1. The van der Waals surface area contributed by atoms with E-state index in [2.05, 4.69) is 10.6 Å². The summed E-state index contributed by atoms with van der Waals surface area (Å²) in [4.78, 5) is 20.8. The van der Waals surface area contributed by atoms with E-state index in [9.17, 15) is 4.79 Å². The third-order valence-corrected chi connectivity index (χ3v) is 7.45. The van der Waals surface area contributed by atoms with Crippen LogP contribution in [0.4, 0.5) is 0 Å². The molecule has 6 rings (SSSR count). The number of carbonyl (C=O) groups excluding carboxylic acids is 1. The molecule has 2 aromatic heterocycles. The molecular formula is C25H25N3O4S. The van der Waals surface area contributed by atoms with Gasteiger partial charge in [-0.1, -0.05) is 11.3 Å². The molecule has 8 heteroatoms. The largest absolute Gasteiger partial charge is 0.494 e. The van der Waals surface area contributed by atoms with Crippen molar-refractivity contribution in [3.63, 3.8) is 0 Å². The number of imidazole rings is 1. The minimum absolute atomic E-state index is 0.0610. The molecule has 0 atom stereocenters. The highest BCUT2D eigenvalue weighted by Gasteiger charge is 2.40. The molecule has 2 fully saturated rings. The Hall–Kier alpha value is -2.94. The minimum atomic E-state index is -0.471. The number of benzene rings is 2. The van der Waals surface area contributed by atoms with Crippen molar-refractivity contribution in [3.05, 3.63) is 54.2 Å². The summed E-state index contributed by atoms with van der Waals surface area (Å²) < 4.78 is 20.2. The number of hydrogen-bond donors (Lipinski definition) is 0. The molecule has 2 aromatic carbocycles. The fourth-order valence-corrected chi connectivity index (χ4v) is 5.73. The highest BCUT2D eigenvalue weighted by molar-refractivity contribution is 7.23. The monoisotopic (exact) mass is 463 g/mol. The van der Waals surface area contributed by atoms with Gasteiger partial charge in [-0.3, -0.25) is 9.20 Å². The van der Waals surface area contributed by atoms with Crippen LogP contribution in [0.3, 0.4) is 0 Å². The Labute approximate surface area is 195 Å². The fourth-order valence-electron chi connectivity index (χ4n) is 4.68. The zero-order chi connectivity index (χ0) is 22.4. The van der Waals surface area contributed by atoms with Gasteiger partial charge < -0.3 is 19.1 Å². The van der Waals surface area contributed by atoms with Crippen LogP contribution in [-0.4, -0.2) is 58.9 Å². The maximum atomic E-state index is 13.1. The molecule has 4 heterocycles. The normalized spacial score (nSPS) is 17.9. The summed E-state index contributed by atoms with van der Waals surface area (Å²) in [6.45, 7) is 5.21. The summed E-state index contributed by atoms with van der Waals surface area (Å²) >= 11 is 1.60. The molecule has 7 nitrogen and oxygen atoms in total. The SMILES string of the molecule is CCOc1ccc(-c2cn3c(n2)sc2cc(C(=O)N4CCC5(CC4)OCCO5)ccc23)cc1. The van der Waals surface area contributed by atoms with E-state index in [-0.39, 0.29) is 5.91 Å². The molecule has 33 heavy (non-hydrogen) atoms. The van der Waals surface area contributed by atoms with Crippen molar-refractivity contribution >= 4 is 32.4 Å². The van der Waals surface area contributed by atoms with Crippen LogP contribution < -0.4 is 4.74 Å². The zero-order valence-electron chi connectivity index (χ0n) is 18.5. The lowest BCUT2D eigenvalue weighted by atomic mass is 10.0. The van der Waals surface area contributed by atoms with Crippen molar-refractivity contribution in [3.8, 4) is 17.0 Å². The van der Waals surface area contributed by atoms with Gasteiger partial charge in [-0.15, -0.1) is 0 Å².